The second-order valence-corrected chi connectivity index (χ2v) is 7.37. The van der Waals surface area contributed by atoms with Crippen molar-refractivity contribution in [1.82, 2.24) is 9.88 Å². The van der Waals surface area contributed by atoms with Crippen LogP contribution in [-0.2, 0) is 17.6 Å². The molecule has 7 heteroatoms. The minimum absolute atomic E-state index is 0.344. The lowest BCUT2D eigenvalue weighted by Gasteiger charge is -2.21. The third-order valence-electron chi connectivity index (χ3n) is 4.67. The van der Waals surface area contributed by atoms with E-state index >= 15 is 0 Å². The van der Waals surface area contributed by atoms with Gasteiger partial charge in [0.1, 0.15) is 6.04 Å². The largest absolute Gasteiger partial charge is 0.300 e. The maximum Gasteiger partial charge on any atom is 0.262 e. The molecule has 3 amide bonds. The highest BCUT2D eigenvalue weighted by Crippen LogP contribution is 2.30. The number of hydrogen-bond acceptors (Lipinski definition) is 5. The quantitative estimate of drug-likeness (QED) is 0.859. The van der Waals surface area contributed by atoms with Crippen molar-refractivity contribution in [3.05, 3.63) is 46.0 Å². The second kappa shape index (κ2) is 6.07. The summed E-state index contributed by atoms with van der Waals surface area (Å²) in [5.74, 6) is -1.26. The summed E-state index contributed by atoms with van der Waals surface area (Å²) in [6, 6.07) is 5.73. The zero-order valence-corrected chi connectivity index (χ0v) is 14.6. The molecule has 1 aliphatic carbocycles. The fourth-order valence-corrected chi connectivity index (χ4v) is 4.34. The van der Waals surface area contributed by atoms with E-state index in [-0.39, 0.29) is 0 Å². The normalized spacial score (nSPS) is 17.2. The van der Waals surface area contributed by atoms with Crippen LogP contribution in [0.2, 0.25) is 0 Å². The predicted molar refractivity (Wildman–Crippen MR) is 93.8 cm³/mol. The third-order valence-corrected chi connectivity index (χ3v) is 5.74. The Labute approximate surface area is 148 Å². The Morgan fingerprint density at radius 3 is 2.44 bits per heavy atom. The minimum Gasteiger partial charge on any atom is -0.300 e. The first-order valence-corrected chi connectivity index (χ1v) is 9.14. The number of aromatic nitrogens is 1. The fraction of sp³-hybridized carbons (Fsp3) is 0.333. The van der Waals surface area contributed by atoms with Crippen molar-refractivity contribution in [3.8, 4) is 0 Å². The predicted octanol–water partition coefficient (Wildman–Crippen LogP) is 2.65. The highest BCUT2D eigenvalue weighted by Gasteiger charge is 2.40. The molecule has 2 heterocycles. The van der Waals surface area contributed by atoms with Gasteiger partial charge in [-0.05, 0) is 44.7 Å². The smallest absolute Gasteiger partial charge is 0.262 e. The van der Waals surface area contributed by atoms with Crippen molar-refractivity contribution >= 4 is 34.2 Å². The fourth-order valence-electron chi connectivity index (χ4n) is 3.29. The van der Waals surface area contributed by atoms with Crippen LogP contribution in [-0.4, -0.2) is 33.6 Å². The summed E-state index contributed by atoms with van der Waals surface area (Å²) in [6.07, 6.45) is 4.20. The number of nitrogens with one attached hydrogen (secondary N) is 1. The summed E-state index contributed by atoms with van der Waals surface area (Å²) in [7, 11) is 0. The van der Waals surface area contributed by atoms with Crippen molar-refractivity contribution in [2.24, 2.45) is 0 Å². The lowest BCUT2D eigenvalue weighted by atomic mass is 10.0. The first-order valence-electron chi connectivity index (χ1n) is 8.32. The van der Waals surface area contributed by atoms with Crippen LogP contribution in [0, 0.1) is 0 Å². The van der Waals surface area contributed by atoms with Gasteiger partial charge >= 0.3 is 0 Å². The van der Waals surface area contributed by atoms with E-state index in [4.69, 9.17) is 0 Å². The summed E-state index contributed by atoms with van der Waals surface area (Å²) in [6.45, 7) is 1.56. The number of nitrogens with zero attached hydrogens (tertiary/aromatic N) is 2. The van der Waals surface area contributed by atoms with E-state index in [0.29, 0.717) is 16.3 Å². The van der Waals surface area contributed by atoms with Crippen molar-refractivity contribution < 1.29 is 14.4 Å². The zero-order valence-electron chi connectivity index (χ0n) is 13.7. The van der Waals surface area contributed by atoms with Crippen molar-refractivity contribution in [2.45, 2.75) is 38.6 Å². The van der Waals surface area contributed by atoms with Crippen LogP contribution in [0.15, 0.2) is 24.3 Å². The average molecular weight is 355 g/mol. The number of rotatable bonds is 3. The van der Waals surface area contributed by atoms with E-state index in [1.807, 2.05) is 0 Å². The Morgan fingerprint density at radius 2 is 1.80 bits per heavy atom. The number of thiazole rings is 1. The highest BCUT2D eigenvalue weighted by molar-refractivity contribution is 7.15. The molecule has 128 valence electrons. The Morgan fingerprint density at radius 1 is 1.16 bits per heavy atom. The molecular formula is C18H17N3O3S. The molecule has 25 heavy (non-hydrogen) atoms. The van der Waals surface area contributed by atoms with Crippen molar-refractivity contribution in [2.75, 3.05) is 5.32 Å². The molecule has 4 rings (SSSR count). The van der Waals surface area contributed by atoms with Crippen LogP contribution in [0.3, 0.4) is 0 Å². The summed E-state index contributed by atoms with van der Waals surface area (Å²) in [5.41, 5.74) is 1.74. The van der Waals surface area contributed by atoms with Gasteiger partial charge in [-0.3, -0.25) is 19.3 Å². The van der Waals surface area contributed by atoms with Gasteiger partial charge in [0.2, 0.25) is 5.91 Å². The first kappa shape index (κ1) is 16.0. The van der Waals surface area contributed by atoms with E-state index in [1.165, 1.54) is 16.2 Å². The molecule has 2 aliphatic rings. The molecule has 0 spiro atoms. The second-order valence-electron chi connectivity index (χ2n) is 6.29. The summed E-state index contributed by atoms with van der Waals surface area (Å²) in [4.78, 5) is 44.2. The molecule has 0 bridgehead atoms. The topological polar surface area (TPSA) is 79.4 Å². The molecule has 2 aromatic rings. The molecule has 1 aromatic carbocycles. The molecular weight excluding hydrogens is 338 g/mol. The third kappa shape index (κ3) is 2.64. The molecule has 0 fully saturated rings. The highest BCUT2D eigenvalue weighted by atomic mass is 32.1. The van der Waals surface area contributed by atoms with Crippen LogP contribution in [0.4, 0.5) is 5.13 Å². The number of amides is 3. The van der Waals surface area contributed by atoms with Gasteiger partial charge in [-0.1, -0.05) is 12.1 Å². The van der Waals surface area contributed by atoms with Gasteiger partial charge in [-0.25, -0.2) is 4.98 Å². The van der Waals surface area contributed by atoms with Crippen molar-refractivity contribution in [1.29, 1.82) is 0 Å². The Bertz CT molecular complexity index is 831. The Balaban J connectivity index is 1.52. The summed E-state index contributed by atoms with van der Waals surface area (Å²) >= 11 is 1.48. The van der Waals surface area contributed by atoms with Gasteiger partial charge in [0.25, 0.3) is 11.8 Å². The van der Waals surface area contributed by atoms with Gasteiger partial charge in [0.05, 0.1) is 16.8 Å². The molecule has 1 N–H and O–H groups in total. The lowest BCUT2D eigenvalue weighted by molar-refractivity contribution is -0.119. The van der Waals surface area contributed by atoms with Crippen LogP contribution < -0.4 is 5.32 Å². The number of fused-ring (bicyclic) bond motifs is 2. The molecule has 0 saturated carbocycles. The number of hydrogen-bond donors (Lipinski definition) is 1. The number of imide groups is 1. The molecule has 6 nitrogen and oxygen atoms in total. The Kier molecular flexibility index (Phi) is 3.88. The van der Waals surface area contributed by atoms with Crippen LogP contribution >= 0.6 is 11.3 Å². The number of carbonyl (C=O) groups is 3. The number of benzene rings is 1. The van der Waals surface area contributed by atoms with Crippen molar-refractivity contribution in [3.63, 3.8) is 0 Å². The Hall–Kier alpha value is -2.54. The van der Waals surface area contributed by atoms with Crippen LogP contribution in [0.25, 0.3) is 0 Å². The number of aryl methyl sites for hydroxylation is 2. The molecule has 1 aromatic heterocycles. The van der Waals surface area contributed by atoms with E-state index in [2.05, 4.69) is 10.3 Å². The SMILES string of the molecule is CC(C(=O)Nc1nc2c(s1)CCCC2)N1C(=O)c2ccccc2C1=O. The van der Waals surface area contributed by atoms with Gasteiger partial charge in [0.15, 0.2) is 5.13 Å². The number of carbonyl (C=O) groups excluding carboxylic acids is 3. The standard InChI is InChI=1S/C18H17N3O3S/c1-10(21-16(23)11-6-2-3-7-12(11)17(21)24)15(22)20-18-19-13-8-4-5-9-14(13)25-18/h2-3,6-7,10H,4-5,8-9H2,1H3,(H,19,20,22). The van der Waals surface area contributed by atoms with Crippen LogP contribution in [0.5, 0.6) is 0 Å². The summed E-state index contributed by atoms with van der Waals surface area (Å²) < 4.78 is 0. The van der Waals surface area contributed by atoms with Crippen LogP contribution in [0.1, 0.15) is 51.1 Å². The van der Waals surface area contributed by atoms with E-state index < -0.39 is 23.8 Å². The maximum absolute atomic E-state index is 12.6. The number of anilines is 1. The zero-order chi connectivity index (χ0) is 17.6. The molecule has 0 saturated heterocycles. The van der Waals surface area contributed by atoms with E-state index in [1.54, 1.807) is 31.2 Å². The maximum atomic E-state index is 12.6. The van der Waals surface area contributed by atoms with E-state index in [9.17, 15) is 14.4 Å². The van der Waals surface area contributed by atoms with Gasteiger partial charge in [-0.15, -0.1) is 11.3 Å². The van der Waals surface area contributed by atoms with Gasteiger partial charge in [0, 0.05) is 4.88 Å². The summed E-state index contributed by atoms with van der Waals surface area (Å²) in [5, 5.41) is 3.31. The first-order chi connectivity index (χ1) is 12.1. The molecule has 1 atom stereocenters. The van der Waals surface area contributed by atoms with Gasteiger partial charge < -0.3 is 5.32 Å². The molecule has 1 aliphatic heterocycles. The van der Waals surface area contributed by atoms with Gasteiger partial charge in [-0.2, -0.15) is 0 Å². The van der Waals surface area contributed by atoms with E-state index in [0.717, 1.165) is 36.3 Å². The average Bonchev–Trinajstić information content (AvgIpc) is 3.13. The molecule has 0 radical (unpaired) electrons. The minimum atomic E-state index is -0.895. The monoisotopic (exact) mass is 355 g/mol. The lowest BCUT2D eigenvalue weighted by Crippen LogP contribution is -2.45. The molecule has 1 unspecified atom stereocenters.